The third kappa shape index (κ3) is 2.62. The van der Waals surface area contributed by atoms with E-state index in [1.165, 1.54) is 35.2 Å². The van der Waals surface area contributed by atoms with E-state index in [1.54, 1.807) is 0 Å². The monoisotopic (exact) mass is 334 g/mol. The number of hydrogen-bond acceptors (Lipinski definition) is 1. The molecule has 3 nitrogen and oxygen atoms in total. The standard InChI is InChI=1S/C22H26N2O/c1-12(2)20-15-7-5-6-8-17(15)23-19(20)11-16-21-14(4)9-13(3)10-18(21)24-22(16)25/h9-12,23H,5-8H2,1-4H3,(H,24,25). The Hall–Kier alpha value is -2.29. The number of carbonyl (C=O) groups is 1. The summed E-state index contributed by atoms with van der Waals surface area (Å²) < 4.78 is 0. The van der Waals surface area contributed by atoms with Crippen LogP contribution >= 0.6 is 0 Å². The first kappa shape index (κ1) is 16.2. The summed E-state index contributed by atoms with van der Waals surface area (Å²) in [6, 6.07) is 4.21. The van der Waals surface area contributed by atoms with E-state index in [2.05, 4.69) is 56.2 Å². The Bertz CT molecular complexity index is 899. The first-order valence-electron chi connectivity index (χ1n) is 9.34. The summed E-state index contributed by atoms with van der Waals surface area (Å²) in [5, 5.41) is 3.04. The number of aromatic amines is 1. The maximum atomic E-state index is 12.6. The van der Waals surface area contributed by atoms with Gasteiger partial charge in [0.05, 0.1) is 5.57 Å². The lowest BCUT2D eigenvalue weighted by atomic mass is 9.89. The maximum Gasteiger partial charge on any atom is 0.256 e. The molecule has 3 heteroatoms. The van der Waals surface area contributed by atoms with Crippen molar-refractivity contribution >= 4 is 23.2 Å². The van der Waals surface area contributed by atoms with Crippen LogP contribution in [0, 0.1) is 13.8 Å². The molecule has 0 atom stereocenters. The molecular formula is C22H26N2O. The Morgan fingerprint density at radius 2 is 1.88 bits per heavy atom. The van der Waals surface area contributed by atoms with Crippen molar-refractivity contribution in [2.45, 2.75) is 59.3 Å². The molecule has 0 spiro atoms. The van der Waals surface area contributed by atoms with Crippen LogP contribution in [0.25, 0.3) is 11.6 Å². The van der Waals surface area contributed by atoms with Crippen LogP contribution in [0.3, 0.4) is 0 Å². The van der Waals surface area contributed by atoms with E-state index in [-0.39, 0.29) is 5.91 Å². The van der Waals surface area contributed by atoms with Gasteiger partial charge in [-0.1, -0.05) is 19.9 Å². The second-order valence-electron chi connectivity index (χ2n) is 7.79. The Morgan fingerprint density at radius 1 is 1.12 bits per heavy atom. The van der Waals surface area contributed by atoms with Crippen LogP contribution in [0.4, 0.5) is 5.69 Å². The summed E-state index contributed by atoms with van der Waals surface area (Å²) in [5.41, 5.74) is 10.5. The SMILES string of the molecule is Cc1cc(C)c2c(c1)NC(=O)C2=Cc1[nH]c2c(c1C(C)C)CCCC2. The van der Waals surface area contributed by atoms with Crippen LogP contribution in [-0.2, 0) is 17.6 Å². The average molecular weight is 334 g/mol. The van der Waals surface area contributed by atoms with Crippen LogP contribution in [-0.4, -0.2) is 10.9 Å². The Labute approximate surface area is 149 Å². The molecule has 2 N–H and O–H groups in total. The van der Waals surface area contributed by atoms with E-state index in [9.17, 15) is 4.79 Å². The number of amides is 1. The van der Waals surface area contributed by atoms with Crippen LogP contribution in [0.1, 0.15) is 71.8 Å². The van der Waals surface area contributed by atoms with Crippen molar-refractivity contribution in [1.82, 2.24) is 4.98 Å². The van der Waals surface area contributed by atoms with Gasteiger partial charge in [0.25, 0.3) is 5.91 Å². The summed E-state index contributed by atoms with van der Waals surface area (Å²) in [4.78, 5) is 16.3. The minimum atomic E-state index is 0.00554. The van der Waals surface area contributed by atoms with Gasteiger partial charge in [0, 0.05) is 22.6 Å². The van der Waals surface area contributed by atoms with Gasteiger partial charge in [0.1, 0.15) is 0 Å². The van der Waals surface area contributed by atoms with Gasteiger partial charge in [0.2, 0.25) is 0 Å². The van der Waals surface area contributed by atoms with E-state index in [1.807, 2.05) is 0 Å². The number of hydrogen-bond donors (Lipinski definition) is 2. The molecule has 0 radical (unpaired) electrons. The van der Waals surface area contributed by atoms with Gasteiger partial charge in [-0.25, -0.2) is 0 Å². The number of benzene rings is 1. The first-order chi connectivity index (χ1) is 12.0. The van der Waals surface area contributed by atoms with E-state index < -0.39 is 0 Å². The molecule has 0 fully saturated rings. The molecule has 1 amide bonds. The van der Waals surface area contributed by atoms with Gasteiger partial charge >= 0.3 is 0 Å². The van der Waals surface area contributed by atoms with E-state index in [4.69, 9.17) is 0 Å². The Morgan fingerprint density at radius 3 is 2.64 bits per heavy atom. The van der Waals surface area contributed by atoms with Gasteiger partial charge < -0.3 is 10.3 Å². The molecule has 0 saturated heterocycles. The molecule has 0 unspecified atom stereocenters. The number of rotatable bonds is 2. The van der Waals surface area contributed by atoms with Crippen molar-refractivity contribution < 1.29 is 4.79 Å². The molecule has 1 aliphatic heterocycles. The highest BCUT2D eigenvalue weighted by Crippen LogP contribution is 2.39. The third-order valence-electron chi connectivity index (χ3n) is 5.48. The minimum Gasteiger partial charge on any atom is -0.358 e. The molecular weight excluding hydrogens is 308 g/mol. The fraction of sp³-hybridized carbons (Fsp3) is 0.409. The zero-order valence-electron chi connectivity index (χ0n) is 15.5. The normalized spacial score (nSPS) is 17.8. The number of fused-ring (bicyclic) bond motifs is 2. The molecule has 4 rings (SSSR count). The molecule has 1 aromatic heterocycles. The second kappa shape index (κ2) is 5.91. The quantitative estimate of drug-likeness (QED) is 0.735. The lowest BCUT2D eigenvalue weighted by Gasteiger charge is -2.14. The van der Waals surface area contributed by atoms with Crippen molar-refractivity contribution in [3.63, 3.8) is 0 Å². The minimum absolute atomic E-state index is 0.00554. The summed E-state index contributed by atoms with van der Waals surface area (Å²) in [5.74, 6) is 0.457. The van der Waals surface area contributed by atoms with Crippen LogP contribution in [0.5, 0.6) is 0 Å². The molecule has 1 aliphatic carbocycles. The molecule has 0 bridgehead atoms. The van der Waals surface area contributed by atoms with Crippen LogP contribution < -0.4 is 5.32 Å². The van der Waals surface area contributed by atoms with Crippen LogP contribution in [0.2, 0.25) is 0 Å². The van der Waals surface area contributed by atoms with Gasteiger partial charge in [-0.05, 0) is 79.8 Å². The van der Waals surface area contributed by atoms with Gasteiger partial charge in [-0.15, -0.1) is 0 Å². The smallest absolute Gasteiger partial charge is 0.256 e. The summed E-state index contributed by atoms with van der Waals surface area (Å²) >= 11 is 0. The number of aromatic nitrogens is 1. The predicted octanol–water partition coefficient (Wildman–Crippen LogP) is 5.13. The molecule has 1 aromatic carbocycles. The number of nitrogens with one attached hydrogen (secondary N) is 2. The molecule has 2 aromatic rings. The fourth-order valence-corrected chi connectivity index (χ4v) is 4.52. The average Bonchev–Trinajstić information content (AvgIpc) is 3.05. The number of aryl methyl sites for hydroxylation is 3. The highest BCUT2D eigenvalue weighted by molar-refractivity contribution is 6.35. The Kier molecular flexibility index (Phi) is 3.82. The zero-order valence-corrected chi connectivity index (χ0v) is 15.5. The van der Waals surface area contributed by atoms with Gasteiger partial charge in [-0.3, -0.25) is 4.79 Å². The highest BCUT2D eigenvalue weighted by Gasteiger charge is 2.28. The lowest BCUT2D eigenvalue weighted by Crippen LogP contribution is -2.04. The molecule has 2 aliphatic rings. The van der Waals surface area contributed by atoms with Gasteiger partial charge in [-0.2, -0.15) is 0 Å². The van der Waals surface area contributed by atoms with Crippen LogP contribution in [0.15, 0.2) is 12.1 Å². The predicted molar refractivity (Wildman–Crippen MR) is 104 cm³/mol. The topological polar surface area (TPSA) is 44.9 Å². The molecule has 25 heavy (non-hydrogen) atoms. The van der Waals surface area contributed by atoms with Gasteiger partial charge in [0.15, 0.2) is 0 Å². The van der Waals surface area contributed by atoms with Crippen molar-refractivity contribution in [1.29, 1.82) is 0 Å². The van der Waals surface area contributed by atoms with E-state index >= 15 is 0 Å². The first-order valence-corrected chi connectivity index (χ1v) is 9.34. The Balaban J connectivity index is 1.88. The molecule has 0 saturated carbocycles. The van der Waals surface area contributed by atoms with Crippen molar-refractivity contribution in [2.75, 3.05) is 5.32 Å². The summed E-state index contributed by atoms with van der Waals surface area (Å²) in [7, 11) is 0. The van der Waals surface area contributed by atoms with Crippen molar-refractivity contribution in [2.24, 2.45) is 0 Å². The lowest BCUT2D eigenvalue weighted by molar-refractivity contribution is -0.110. The summed E-state index contributed by atoms with van der Waals surface area (Å²) in [6.07, 6.45) is 6.88. The molecule has 130 valence electrons. The fourth-order valence-electron chi connectivity index (χ4n) is 4.52. The third-order valence-corrected chi connectivity index (χ3v) is 5.48. The van der Waals surface area contributed by atoms with Crippen molar-refractivity contribution in [3.05, 3.63) is 51.3 Å². The van der Waals surface area contributed by atoms with E-state index in [0.717, 1.165) is 40.9 Å². The van der Waals surface area contributed by atoms with E-state index in [0.29, 0.717) is 5.92 Å². The molecule has 2 heterocycles. The maximum absolute atomic E-state index is 12.6. The largest absolute Gasteiger partial charge is 0.358 e. The number of H-pyrrole nitrogens is 1. The number of anilines is 1. The number of carbonyl (C=O) groups excluding carboxylic acids is 1. The second-order valence-corrected chi connectivity index (χ2v) is 7.79. The van der Waals surface area contributed by atoms with Crippen molar-refractivity contribution in [3.8, 4) is 0 Å². The summed E-state index contributed by atoms with van der Waals surface area (Å²) in [6.45, 7) is 8.65. The highest BCUT2D eigenvalue weighted by atomic mass is 16.2. The zero-order chi connectivity index (χ0) is 17.7.